The van der Waals surface area contributed by atoms with Crippen LogP contribution >= 0.6 is 0 Å². The van der Waals surface area contributed by atoms with Gasteiger partial charge in [0.15, 0.2) is 0 Å². The Hall–Kier alpha value is -1.88. The van der Waals surface area contributed by atoms with Gasteiger partial charge in [0.2, 0.25) is 11.8 Å². The third-order valence-corrected chi connectivity index (χ3v) is 2.61. The number of nitrogens with one attached hydrogen (secondary N) is 2. The second-order valence-electron chi connectivity index (χ2n) is 4.36. The Kier molecular flexibility index (Phi) is 6.02. The lowest BCUT2D eigenvalue weighted by Crippen LogP contribution is -2.33. The van der Waals surface area contributed by atoms with Crippen LogP contribution in [0.1, 0.15) is 30.6 Å². The second kappa shape index (κ2) is 7.53. The van der Waals surface area contributed by atoms with Gasteiger partial charge in [-0.1, -0.05) is 29.8 Å². The van der Waals surface area contributed by atoms with Crippen LogP contribution in [-0.2, 0) is 9.59 Å². The second-order valence-corrected chi connectivity index (χ2v) is 4.36. The number of hydrogen-bond acceptors (Lipinski definition) is 3. The van der Waals surface area contributed by atoms with Crippen LogP contribution in [0, 0.1) is 6.92 Å². The van der Waals surface area contributed by atoms with E-state index in [0.717, 1.165) is 11.1 Å². The van der Waals surface area contributed by atoms with Crippen LogP contribution < -0.4 is 10.6 Å². The van der Waals surface area contributed by atoms with Crippen LogP contribution in [0.2, 0.25) is 0 Å². The van der Waals surface area contributed by atoms with Gasteiger partial charge in [0.1, 0.15) is 6.42 Å². The Balaban J connectivity index is 2.40. The van der Waals surface area contributed by atoms with Crippen molar-refractivity contribution in [1.82, 2.24) is 10.6 Å². The van der Waals surface area contributed by atoms with Gasteiger partial charge >= 0.3 is 0 Å². The van der Waals surface area contributed by atoms with Gasteiger partial charge < -0.3 is 15.7 Å². The van der Waals surface area contributed by atoms with Gasteiger partial charge in [-0.3, -0.25) is 9.59 Å². The van der Waals surface area contributed by atoms with Gasteiger partial charge in [0, 0.05) is 13.1 Å². The van der Waals surface area contributed by atoms with Crippen molar-refractivity contribution in [3.8, 4) is 0 Å². The molecule has 1 rings (SSSR count). The van der Waals surface area contributed by atoms with Crippen molar-refractivity contribution in [3.05, 3.63) is 35.4 Å². The quantitative estimate of drug-likeness (QED) is 0.661. The maximum Gasteiger partial charge on any atom is 0.229 e. The fourth-order valence-corrected chi connectivity index (χ4v) is 1.67. The van der Waals surface area contributed by atoms with E-state index in [4.69, 9.17) is 0 Å². The van der Waals surface area contributed by atoms with Crippen LogP contribution in [0.4, 0.5) is 0 Å². The fourth-order valence-electron chi connectivity index (χ4n) is 1.67. The molecule has 1 unspecified atom stereocenters. The van der Waals surface area contributed by atoms with Crippen molar-refractivity contribution in [2.75, 3.05) is 13.1 Å². The molecular formula is C14H20N2O3. The minimum absolute atomic E-state index is 0.0989. The summed E-state index contributed by atoms with van der Waals surface area (Å²) in [5.41, 5.74) is 1.79. The summed E-state index contributed by atoms with van der Waals surface area (Å²) in [5, 5.41) is 15.0. The molecular weight excluding hydrogens is 244 g/mol. The molecule has 0 radical (unpaired) electrons. The number of carbonyl (C=O) groups excluding carboxylic acids is 2. The third kappa shape index (κ3) is 5.52. The van der Waals surface area contributed by atoms with Gasteiger partial charge in [-0.25, -0.2) is 0 Å². The number of amides is 2. The highest BCUT2D eigenvalue weighted by molar-refractivity contribution is 5.96. The summed E-state index contributed by atoms with van der Waals surface area (Å²) >= 11 is 0. The highest BCUT2D eigenvalue weighted by atomic mass is 16.3. The molecule has 0 heterocycles. The lowest BCUT2D eigenvalue weighted by Gasteiger charge is -2.12. The first-order chi connectivity index (χ1) is 9.02. The summed E-state index contributed by atoms with van der Waals surface area (Å²) in [6, 6.07) is 7.45. The first-order valence-corrected chi connectivity index (χ1v) is 6.31. The van der Waals surface area contributed by atoms with Gasteiger partial charge in [0.05, 0.1) is 6.10 Å². The summed E-state index contributed by atoms with van der Waals surface area (Å²) in [6.45, 7) is 4.32. The summed E-state index contributed by atoms with van der Waals surface area (Å²) in [7, 11) is 0. The molecule has 104 valence electrons. The Morgan fingerprint density at radius 2 is 1.95 bits per heavy atom. The Morgan fingerprint density at radius 1 is 1.26 bits per heavy atom. The van der Waals surface area contributed by atoms with Gasteiger partial charge in [-0.2, -0.15) is 0 Å². The lowest BCUT2D eigenvalue weighted by atomic mass is 10.1. The molecule has 3 N–H and O–H groups in total. The van der Waals surface area contributed by atoms with E-state index in [1.807, 2.05) is 25.1 Å². The third-order valence-electron chi connectivity index (χ3n) is 2.61. The van der Waals surface area contributed by atoms with Gasteiger partial charge in [-0.05, 0) is 19.4 Å². The molecule has 19 heavy (non-hydrogen) atoms. The largest absolute Gasteiger partial charge is 0.387 e. The van der Waals surface area contributed by atoms with E-state index in [9.17, 15) is 14.7 Å². The Morgan fingerprint density at radius 3 is 2.58 bits per heavy atom. The zero-order valence-corrected chi connectivity index (χ0v) is 11.3. The van der Waals surface area contributed by atoms with Gasteiger partial charge in [-0.15, -0.1) is 0 Å². The van der Waals surface area contributed by atoms with E-state index in [1.54, 1.807) is 13.0 Å². The Labute approximate surface area is 113 Å². The molecule has 0 fully saturated rings. The van der Waals surface area contributed by atoms with E-state index in [1.165, 1.54) is 0 Å². The summed E-state index contributed by atoms with van der Waals surface area (Å²) in [4.78, 5) is 22.6. The summed E-state index contributed by atoms with van der Waals surface area (Å²) in [6.07, 6.45) is -0.980. The number of benzene rings is 1. The van der Waals surface area contributed by atoms with Crippen molar-refractivity contribution in [2.24, 2.45) is 0 Å². The van der Waals surface area contributed by atoms with Crippen molar-refractivity contribution in [3.63, 3.8) is 0 Å². The normalized spacial score (nSPS) is 11.7. The standard InChI is InChI=1S/C14H20N2O3/c1-3-15-13(18)8-14(19)16-9-12(17)11-6-4-5-10(2)7-11/h4-7,12,17H,3,8-9H2,1-2H3,(H,15,18)(H,16,19). The molecule has 5 nitrogen and oxygen atoms in total. The molecule has 0 bridgehead atoms. The number of aliphatic hydroxyl groups excluding tert-OH is 1. The topological polar surface area (TPSA) is 78.4 Å². The number of rotatable bonds is 6. The average molecular weight is 264 g/mol. The molecule has 1 aromatic carbocycles. The molecule has 0 aromatic heterocycles. The number of hydrogen-bond donors (Lipinski definition) is 3. The molecule has 2 amide bonds. The molecule has 0 saturated carbocycles. The van der Waals surface area contributed by atoms with Crippen molar-refractivity contribution in [1.29, 1.82) is 0 Å². The molecule has 0 saturated heterocycles. The van der Waals surface area contributed by atoms with E-state index in [0.29, 0.717) is 6.54 Å². The van der Waals surface area contributed by atoms with Crippen LogP contribution in [0.3, 0.4) is 0 Å². The highest BCUT2D eigenvalue weighted by Crippen LogP contribution is 2.13. The highest BCUT2D eigenvalue weighted by Gasteiger charge is 2.12. The molecule has 5 heteroatoms. The van der Waals surface area contributed by atoms with Crippen molar-refractivity contribution < 1.29 is 14.7 Å². The van der Waals surface area contributed by atoms with Crippen molar-refractivity contribution >= 4 is 11.8 Å². The summed E-state index contributed by atoms with van der Waals surface area (Å²) in [5.74, 6) is -0.706. The van der Waals surface area contributed by atoms with Crippen molar-refractivity contribution in [2.45, 2.75) is 26.4 Å². The van der Waals surface area contributed by atoms with Crippen LogP contribution in [0.25, 0.3) is 0 Å². The first kappa shape index (κ1) is 15.2. The zero-order chi connectivity index (χ0) is 14.3. The maximum absolute atomic E-state index is 11.4. The monoisotopic (exact) mass is 264 g/mol. The first-order valence-electron chi connectivity index (χ1n) is 6.31. The molecule has 0 spiro atoms. The maximum atomic E-state index is 11.4. The lowest BCUT2D eigenvalue weighted by molar-refractivity contribution is -0.129. The van der Waals surface area contributed by atoms with Crippen LogP contribution in [0.15, 0.2) is 24.3 Å². The van der Waals surface area contributed by atoms with E-state index >= 15 is 0 Å². The van der Waals surface area contributed by atoms with Gasteiger partial charge in [0.25, 0.3) is 0 Å². The van der Waals surface area contributed by atoms with Crippen LogP contribution in [0.5, 0.6) is 0 Å². The number of carbonyl (C=O) groups is 2. The van der Waals surface area contributed by atoms with E-state index < -0.39 is 12.0 Å². The minimum Gasteiger partial charge on any atom is -0.387 e. The van der Waals surface area contributed by atoms with E-state index in [-0.39, 0.29) is 18.9 Å². The SMILES string of the molecule is CCNC(=O)CC(=O)NCC(O)c1cccc(C)c1. The van der Waals surface area contributed by atoms with Crippen LogP contribution in [-0.4, -0.2) is 30.0 Å². The molecule has 1 atom stereocenters. The molecule has 0 aliphatic rings. The molecule has 0 aliphatic heterocycles. The minimum atomic E-state index is -0.766. The number of aryl methyl sites for hydroxylation is 1. The fraction of sp³-hybridized carbons (Fsp3) is 0.429. The predicted molar refractivity (Wildman–Crippen MR) is 72.4 cm³/mol. The predicted octanol–water partition coefficient (Wildman–Crippen LogP) is 0.671. The zero-order valence-electron chi connectivity index (χ0n) is 11.3. The number of aliphatic hydroxyl groups is 1. The molecule has 0 aliphatic carbocycles. The Bertz CT molecular complexity index is 446. The average Bonchev–Trinajstić information content (AvgIpc) is 2.36. The van der Waals surface area contributed by atoms with E-state index in [2.05, 4.69) is 10.6 Å². The summed E-state index contributed by atoms with van der Waals surface area (Å²) < 4.78 is 0. The smallest absolute Gasteiger partial charge is 0.229 e. The molecule has 1 aromatic rings.